The third kappa shape index (κ3) is 2.80. The van der Waals surface area contributed by atoms with E-state index in [1.807, 2.05) is 28.2 Å². The molecule has 0 saturated heterocycles. The summed E-state index contributed by atoms with van der Waals surface area (Å²) in [5, 5.41) is 5.27. The number of benzene rings is 1. The van der Waals surface area contributed by atoms with E-state index in [0.717, 1.165) is 10.7 Å². The summed E-state index contributed by atoms with van der Waals surface area (Å²) in [6.07, 6.45) is 5.21. The average molecular weight is 353 g/mol. The van der Waals surface area contributed by atoms with Crippen LogP contribution in [0.4, 0.5) is 0 Å². The fourth-order valence-electron chi connectivity index (χ4n) is 2.67. The number of rotatable bonds is 4. The van der Waals surface area contributed by atoms with Gasteiger partial charge in [-0.3, -0.25) is 18.6 Å². The minimum atomic E-state index is -0.659. The summed E-state index contributed by atoms with van der Waals surface area (Å²) in [6.45, 7) is 1.99. The topological polar surface area (TPSA) is 81.3 Å². The van der Waals surface area contributed by atoms with Crippen LogP contribution in [0.1, 0.15) is 18.7 Å². The molecule has 0 saturated carbocycles. The van der Waals surface area contributed by atoms with Gasteiger partial charge in [0.1, 0.15) is 6.04 Å². The van der Waals surface area contributed by atoms with Crippen LogP contribution in [-0.2, 0) is 11.3 Å². The molecule has 1 amide bonds. The van der Waals surface area contributed by atoms with Gasteiger partial charge in [-0.1, -0.05) is 12.1 Å². The Morgan fingerprint density at radius 3 is 3.04 bits per heavy atom. The smallest absolute Gasteiger partial charge is 0.261 e. The van der Waals surface area contributed by atoms with Crippen LogP contribution in [0, 0.1) is 0 Å². The standard InChI is InChI=1S/C17H15N5O2S/c1-11(22-10-19-14-5-3-2-4-13(14)16(22)24)15(23)18-8-12-9-21-6-7-25-17(21)20-12/h2-7,9-11H,8H2,1H3,(H,18,23). The summed E-state index contributed by atoms with van der Waals surface area (Å²) < 4.78 is 3.26. The van der Waals surface area contributed by atoms with E-state index >= 15 is 0 Å². The van der Waals surface area contributed by atoms with Gasteiger partial charge >= 0.3 is 0 Å². The van der Waals surface area contributed by atoms with E-state index in [2.05, 4.69) is 15.3 Å². The monoisotopic (exact) mass is 353 g/mol. The Bertz CT molecular complexity index is 1100. The van der Waals surface area contributed by atoms with Gasteiger partial charge < -0.3 is 5.32 Å². The number of aromatic nitrogens is 4. The van der Waals surface area contributed by atoms with E-state index in [1.165, 1.54) is 22.2 Å². The summed E-state index contributed by atoms with van der Waals surface area (Å²) in [7, 11) is 0. The maximum Gasteiger partial charge on any atom is 0.261 e. The number of imidazole rings is 1. The molecule has 0 fully saturated rings. The van der Waals surface area contributed by atoms with Gasteiger partial charge in [0, 0.05) is 17.8 Å². The molecule has 1 aromatic carbocycles. The lowest BCUT2D eigenvalue weighted by Crippen LogP contribution is -2.35. The highest BCUT2D eigenvalue weighted by Gasteiger charge is 2.17. The molecule has 25 heavy (non-hydrogen) atoms. The Kier molecular flexibility index (Phi) is 3.81. The van der Waals surface area contributed by atoms with Crippen molar-refractivity contribution in [3.8, 4) is 0 Å². The maximum atomic E-state index is 12.6. The molecular formula is C17H15N5O2S. The Hall–Kier alpha value is -3.00. The van der Waals surface area contributed by atoms with Crippen LogP contribution in [-0.4, -0.2) is 24.8 Å². The maximum absolute atomic E-state index is 12.6. The zero-order valence-electron chi connectivity index (χ0n) is 13.4. The lowest BCUT2D eigenvalue weighted by atomic mass is 10.2. The number of nitrogens with one attached hydrogen (secondary N) is 1. The lowest BCUT2D eigenvalue weighted by Gasteiger charge is -2.14. The number of thiazole rings is 1. The number of hydrogen-bond donors (Lipinski definition) is 1. The third-order valence-corrected chi connectivity index (χ3v) is 4.84. The van der Waals surface area contributed by atoms with Crippen molar-refractivity contribution in [2.45, 2.75) is 19.5 Å². The van der Waals surface area contributed by atoms with Gasteiger partial charge in [-0.25, -0.2) is 9.97 Å². The molecule has 8 heteroatoms. The molecule has 1 atom stereocenters. The largest absolute Gasteiger partial charge is 0.349 e. The van der Waals surface area contributed by atoms with Gasteiger partial charge in [-0.15, -0.1) is 11.3 Å². The summed E-state index contributed by atoms with van der Waals surface area (Å²) in [4.78, 5) is 34.5. The molecule has 3 heterocycles. The second-order valence-corrected chi connectivity index (χ2v) is 6.57. The summed E-state index contributed by atoms with van der Waals surface area (Å²) in [5.41, 5.74) is 1.17. The van der Waals surface area contributed by atoms with Gasteiger partial charge in [-0.2, -0.15) is 0 Å². The van der Waals surface area contributed by atoms with Crippen LogP contribution in [0.2, 0.25) is 0 Å². The molecule has 4 aromatic rings. The first-order valence-corrected chi connectivity index (χ1v) is 8.66. The molecule has 0 aliphatic carbocycles. The zero-order valence-corrected chi connectivity index (χ0v) is 14.2. The molecule has 126 valence electrons. The fraction of sp³-hybridized carbons (Fsp3) is 0.176. The van der Waals surface area contributed by atoms with E-state index in [1.54, 1.807) is 25.1 Å². The fourth-order valence-corrected chi connectivity index (χ4v) is 3.39. The Morgan fingerprint density at radius 2 is 2.20 bits per heavy atom. The summed E-state index contributed by atoms with van der Waals surface area (Å²) >= 11 is 1.53. The van der Waals surface area contributed by atoms with E-state index in [9.17, 15) is 9.59 Å². The number of para-hydroxylation sites is 1. The first-order valence-electron chi connectivity index (χ1n) is 7.78. The second-order valence-electron chi connectivity index (χ2n) is 5.69. The highest BCUT2D eigenvalue weighted by Crippen LogP contribution is 2.12. The Morgan fingerprint density at radius 1 is 1.36 bits per heavy atom. The molecule has 0 spiro atoms. The van der Waals surface area contributed by atoms with Crippen molar-refractivity contribution in [1.82, 2.24) is 24.3 Å². The van der Waals surface area contributed by atoms with Crippen molar-refractivity contribution in [2.24, 2.45) is 0 Å². The van der Waals surface area contributed by atoms with E-state index < -0.39 is 6.04 Å². The summed E-state index contributed by atoms with van der Waals surface area (Å²) in [6, 6.07) is 6.43. The highest BCUT2D eigenvalue weighted by molar-refractivity contribution is 7.15. The number of nitrogens with zero attached hydrogens (tertiary/aromatic N) is 4. The number of fused-ring (bicyclic) bond motifs is 2. The number of carbonyl (C=O) groups is 1. The first kappa shape index (κ1) is 15.5. The molecule has 3 aromatic heterocycles. The van der Waals surface area contributed by atoms with Crippen LogP contribution in [0.15, 0.2) is 53.2 Å². The molecule has 7 nitrogen and oxygen atoms in total. The predicted molar refractivity (Wildman–Crippen MR) is 95.6 cm³/mol. The van der Waals surface area contributed by atoms with Gasteiger partial charge in [0.2, 0.25) is 5.91 Å². The Labute approximate surface area is 146 Å². The summed E-state index contributed by atoms with van der Waals surface area (Å²) in [5.74, 6) is -0.254. The van der Waals surface area contributed by atoms with Crippen LogP contribution in [0.25, 0.3) is 15.9 Å². The van der Waals surface area contributed by atoms with Crippen LogP contribution in [0.3, 0.4) is 0 Å². The molecule has 0 bridgehead atoms. The van der Waals surface area contributed by atoms with Gasteiger partial charge in [0.15, 0.2) is 4.96 Å². The lowest BCUT2D eigenvalue weighted by molar-refractivity contribution is -0.124. The SMILES string of the molecule is CC(C(=O)NCc1cn2ccsc2n1)n1cnc2ccccc2c1=O. The number of hydrogen-bond acceptors (Lipinski definition) is 5. The van der Waals surface area contributed by atoms with Crippen molar-refractivity contribution >= 4 is 33.1 Å². The number of amides is 1. The molecule has 0 radical (unpaired) electrons. The molecule has 0 aliphatic heterocycles. The van der Waals surface area contributed by atoms with Crippen LogP contribution >= 0.6 is 11.3 Å². The first-order chi connectivity index (χ1) is 12.1. The average Bonchev–Trinajstić information content (AvgIpc) is 3.21. The quantitative estimate of drug-likeness (QED) is 0.608. The van der Waals surface area contributed by atoms with Crippen molar-refractivity contribution < 1.29 is 4.79 Å². The van der Waals surface area contributed by atoms with Gasteiger partial charge in [0.25, 0.3) is 5.56 Å². The molecular weight excluding hydrogens is 338 g/mol. The van der Waals surface area contributed by atoms with Crippen molar-refractivity contribution in [1.29, 1.82) is 0 Å². The predicted octanol–water partition coefficient (Wildman–Crippen LogP) is 1.98. The van der Waals surface area contributed by atoms with E-state index in [-0.39, 0.29) is 11.5 Å². The Balaban J connectivity index is 1.52. The van der Waals surface area contributed by atoms with Gasteiger partial charge in [0.05, 0.1) is 29.5 Å². The second kappa shape index (κ2) is 6.14. The van der Waals surface area contributed by atoms with Gasteiger partial charge in [-0.05, 0) is 19.1 Å². The molecule has 0 aliphatic rings. The molecule has 4 rings (SSSR count). The van der Waals surface area contributed by atoms with Crippen LogP contribution in [0.5, 0.6) is 0 Å². The highest BCUT2D eigenvalue weighted by atomic mass is 32.1. The molecule has 1 N–H and O–H groups in total. The number of carbonyl (C=O) groups excluding carboxylic acids is 1. The minimum absolute atomic E-state index is 0.226. The van der Waals surface area contributed by atoms with Crippen molar-refractivity contribution in [2.75, 3.05) is 0 Å². The van der Waals surface area contributed by atoms with E-state index in [0.29, 0.717) is 17.4 Å². The molecule has 1 unspecified atom stereocenters. The van der Waals surface area contributed by atoms with Crippen LogP contribution < -0.4 is 10.9 Å². The zero-order chi connectivity index (χ0) is 17.4. The minimum Gasteiger partial charge on any atom is -0.349 e. The van der Waals surface area contributed by atoms with Crippen molar-refractivity contribution in [3.63, 3.8) is 0 Å². The third-order valence-electron chi connectivity index (χ3n) is 4.07. The normalized spacial score (nSPS) is 12.5. The van der Waals surface area contributed by atoms with E-state index in [4.69, 9.17) is 0 Å². The van der Waals surface area contributed by atoms with Crippen molar-refractivity contribution in [3.05, 3.63) is 64.4 Å².